The zero-order valence-electron chi connectivity index (χ0n) is 25.2. The number of aldehydes is 1. The van der Waals surface area contributed by atoms with Crippen LogP contribution in [0.4, 0.5) is 0 Å². The van der Waals surface area contributed by atoms with E-state index in [9.17, 15) is 9.59 Å². The molecule has 0 saturated carbocycles. The van der Waals surface area contributed by atoms with Gasteiger partial charge in [-0.2, -0.15) is 0 Å². The van der Waals surface area contributed by atoms with E-state index in [1.807, 2.05) is 30.5 Å². The van der Waals surface area contributed by atoms with Crippen LogP contribution in [-0.2, 0) is 55.3 Å². The van der Waals surface area contributed by atoms with Crippen LogP contribution < -0.4 is 0 Å². The fraction of sp³-hybridized carbons (Fsp3) is 0.400. The second-order valence-electron chi connectivity index (χ2n) is 9.52. The summed E-state index contributed by atoms with van der Waals surface area (Å²) in [6.45, 7) is 10.9. The minimum Gasteiger partial charge on any atom is -0.379 e. The van der Waals surface area contributed by atoms with Crippen molar-refractivity contribution in [2.45, 2.75) is 26.4 Å². The number of rotatable bonds is 7. The fourth-order valence-electron chi connectivity index (χ4n) is 3.92. The summed E-state index contributed by atoms with van der Waals surface area (Å²) in [4.78, 5) is 29.5. The molecule has 0 spiro atoms. The van der Waals surface area contributed by atoms with Gasteiger partial charge in [-0.05, 0) is 66.3 Å². The van der Waals surface area contributed by atoms with Crippen molar-refractivity contribution in [2.24, 2.45) is 0 Å². The van der Waals surface area contributed by atoms with Crippen LogP contribution >= 0.6 is 124 Å². The largest absolute Gasteiger partial charge is 0.379 e. The zero-order chi connectivity index (χ0) is 33.5. The van der Waals surface area contributed by atoms with E-state index in [1.54, 1.807) is 17.4 Å². The molecule has 0 atom stereocenters. The Kier molecular flexibility index (Phi) is 23.1. The van der Waals surface area contributed by atoms with Gasteiger partial charge in [-0.15, -0.1) is 38.9 Å². The minimum atomic E-state index is 0. The van der Waals surface area contributed by atoms with Crippen LogP contribution in [0.25, 0.3) is 0 Å². The van der Waals surface area contributed by atoms with Crippen LogP contribution in [0.15, 0.2) is 38.6 Å². The number of carbonyl (C=O) groups is 2. The predicted octanol–water partition coefficient (Wildman–Crippen LogP) is 11.0. The van der Waals surface area contributed by atoms with Gasteiger partial charge in [0.25, 0.3) is 0 Å². The Balaban J connectivity index is 0.000000228. The van der Waals surface area contributed by atoms with Gasteiger partial charge in [-0.25, -0.2) is 23.5 Å². The number of ketones is 1. The van der Waals surface area contributed by atoms with Crippen molar-refractivity contribution in [2.75, 3.05) is 52.6 Å². The van der Waals surface area contributed by atoms with Gasteiger partial charge in [0.2, 0.25) is 0 Å². The SMILES string of the molecule is CCC(=O)c1cc(CN2CCOCC2)sc1Cl.Clc1[c-]cc(CN2CCOCC2)s1.Clc1sccc1Br.O=Cc1cc(Br)c(Cl)s1.[Y]. The van der Waals surface area contributed by atoms with Crippen LogP contribution in [0.5, 0.6) is 0 Å². The Hall–Kier alpha value is 1.20. The summed E-state index contributed by atoms with van der Waals surface area (Å²) in [5.41, 5.74) is 0.683. The Morgan fingerprint density at radius 1 is 0.872 bits per heavy atom. The van der Waals surface area contributed by atoms with Crippen LogP contribution in [0.2, 0.25) is 17.3 Å². The van der Waals surface area contributed by atoms with Crippen molar-refractivity contribution < 1.29 is 51.8 Å². The second-order valence-corrected chi connectivity index (χ2v) is 17.9. The Bertz CT molecular complexity index is 1470. The second kappa shape index (κ2) is 24.4. The first kappa shape index (κ1) is 44.4. The van der Waals surface area contributed by atoms with Crippen LogP contribution in [0, 0.1) is 6.07 Å². The molecule has 255 valence electrons. The van der Waals surface area contributed by atoms with Crippen LogP contribution in [-0.4, -0.2) is 74.5 Å². The molecule has 2 fully saturated rings. The maximum Gasteiger partial charge on any atom is 0.164 e. The van der Waals surface area contributed by atoms with Crippen molar-refractivity contribution in [1.82, 2.24) is 9.80 Å². The first-order chi connectivity index (χ1) is 22.1. The number of hydrogen-bond acceptors (Lipinski definition) is 10. The maximum absolute atomic E-state index is 11.6. The van der Waals surface area contributed by atoms with E-state index in [0.717, 1.165) is 94.5 Å². The topological polar surface area (TPSA) is 59.1 Å². The molecule has 2 aliphatic heterocycles. The molecule has 0 N–H and O–H groups in total. The van der Waals surface area contributed by atoms with Gasteiger partial charge >= 0.3 is 0 Å². The van der Waals surface area contributed by atoms with Crippen molar-refractivity contribution in [3.8, 4) is 0 Å². The monoisotopic (exact) mass is 998 g/mol. The summed E-state index contributed by atoms with van der Waals surface area (Å²) >= 11 is 35.4. The molecule has 6 nitrogen and oxygen atoms in total. The average molecular weight is 1000 g/mol. The molecule has 4 aromatic heterocycles. The summed E-state index contributed by atoms with van der Waals surface area (Å²) in [6, 6.07) is 10.5. The third-order valence-corrected chi connectivity index (χ3v) is 13.5. The summed E-state index contributed by atoms with van der Waals surface area (Å²) in [6.07, 6.45) is 1.29. The van der Waals surface area contributed by atoms with E-state index < -0.39 is 0 Å². The van der Waals surface area contributed by atoms with Gasteiger partial charge < -0.3 is 14.4 Å². The number of morpholine rings is 2. The van der Waals surface area contributed by atoms with Gasteiger partial charge in [0.1, 0.15) is 13.0 Å². The van der Waals surface area contributed by atoms with Crippen LogP contribution in [0.3, 0.4) is 0 Å². The number of halogens is 6. The molecule has 0 aliphatic carbocycles. The molecule has 0 aromatic carbocycles. The Morgan fingerprint density at radius 3 is 1.85 bits per heavy atom. The summed E-state index contributed by atoms with van der Waals surface area (Å²) in [5.74, 6) is 0.125. The van der Waals surface area contributed by atoms with E-state index in [2.05, 4.69) is 47.7 Å². The van der Waals surface area contributed by atoms with E-state index in [0.29, 0.717) is 25.5 Å². The molecule has 0 bridgehead atoms. The molecular weight excluding hydrogens is 971 g/mol. The molecule has 17 heteroatoms. The normalized spacial score (nSPS) is 14.8. The van der Waals surface area contributed by atoms with Gasteiger partial charge in [-0.1, -0.05) is 53.3 Å². The molecule has 2 aliphatic rings. The molecule has 47 heavy (non-hydrogen) atoms. The molecule has 0 unspecified atom stereocenters. The van der Waals surface area contributed by atoms with Crippen molar-refractivity contribution >= 4 is 136 Å². The Labute approximate surface area is 354 Å². The Morgan fingerprint density at radius 2 is 1.47 bits per heavy atom. The first-order valence-corrected chi connectivity index (χ1v) is 20.4. The number of hydrogen-bond donors (Lipinski definition) is 0. The van der Waals surface area contributed by atoms with E-state index in [4.69, 9.17) is 55.9 Å². The molecule has 2 saturated heterocycles. The number of carbonyl (C=O) groups excluding carboxylic acids is 2. The van der Waals surface area contributed by atoms with Gasteiger partial charge in [0, 0.05) is 91.2 Å². The smallest absolute Gasteiger partial charge is 0.164 e. The van der Waals surface area contributed by atoms with E-state index in [1.165, 1.54) is 38.9 Å². The summed E-state index contributed by atoms with van der Waals surface area (Å²) in [5, 5.41) is 1.94. The minimum absolute atomic E-state index is 0. The summed E-state index contributed by atoms with van der Waals surface area (Å²) in [7, 11) is 0. The number of ether oxygens (including phenoxy) is 2. The number of nitrogens with zero attached hydrogens (tertiary/aromatic N) is 2. The predicted molar refractivity (Wildman–Crippen MR) is 204 cm³/mol. The van der Waals surface area contributed by atoms with E-state index in [-0.39, 0.29) is 38.5 Å². The van der Waals surface area contributed by atoms with Gasteiger partial charge in [0.05, 0.1) is 31.3 Å². The molecule has 1 radical (unpaired) electrons. The first-order valence-electron chi connectivity index (χ1n) is 14.0. The van der Waals surface area contributed by atoms with Crippen molar-refractivity contribution in [3.63, 3.8) is 0 Å². The third-order valence-electron chi connectivity index (χ3n) is 6.25. The van der Waals surface area contributed by atoms with Gasteiger partial charge in [-0.3, -0.25) is 14.5 Å². The number of Topliss-reactive ketones (excluding diaryl/α,β-unsaturated/α-hetero) is 1. The summed E-state index contributed by atoms with van der Waals surface area (Å²) < 4.78 is 15.2. The fourth-order valence-corrected chi connectivity index (χ4v) is 9.24. The molecule has 4 aromatic rings. The third kappa shape index (κ3) is 16.6. The standard InChI is InChI=1S/C12H16ClNO2S.C9H11ClNOS.C5H2BrClOS.C4H2BrClS.Y/c1-2-11(15)10-7-9(17-12(10)13)8-14-3-5-16-6-4-14;10-9-2-1-8(13-9)7-11-3-5-12-6-4-11;6-4-1-3(2-8)9-5(4)7;5-3-1-2-7-4(3)6;/h7H,2-6,8H2,1H3;1H,3-7H2;1-2H;1-2H;/q;-1;;;. The maximum atomic E-state index is 11.6. The molecule has 0 amide bonds. The van der Waals surface area contributed by atoms with E-state index >= 15 is 0 Å². The number of thiophene rings is 4. The molecule has 6 heterocycles. The quantitative estimate of drug-likeness (QED) is 0.104. The van der Waals surface area contributed by atoms with Crippen LogP contribution in [0.1, 0.15) is 43.1 Å². The van der Waals surface area contributed by atoms with Crippen molar-refractivity contribution in [1.29, 1.82) is 0 Å². The zero-order valence-corrected chi connectivity index (χ0v) is 37.5. The molecule has 6 rings (SSSR count). The van der Waals surface area contributed by atoms with Gasteiger partial charge in [0.15, 0.2) is 12.1 Å². The molecular formula is C30H31Br2Cl4N2O4S4Y-. The van der Waals surface area contributed by atoms with Crippen molar-refractivity contribution in [3.05, 3.63) is 82.2 Å². The average Bonchev–Trinajstić information content (AvgIpc) is 3.83.